The summed E-state index contributed by atoms with van der Waals surface area (Å²) in [6.07, 6.45) is 2.49. The molecule has 1 aromatic heterocycles. The maximum atomic E-state index is 12.5. The first-order valence-corrected chi connectivity index (χ1v) is 7.40. The van der Waals surface area contributed by atoms with Crippen molar-refractivity contribution in [1.29, 1.82) is 0 Å². The first-order chi connectivity index (χ1) is 10.7. The molecule has 1 aromatic carbocycles. The number of carbonyl (C=O) groups is 2. The first kappa shape index (κ1) is 14.4. The topological polar surface area (TPSA) is 62.6 Å². The Morgan fingerprint density at radius 3 is 2.82 bits per heavy atom. The van der Waals surface area contributed by atoms with Crippen LogP contribution in [0.3, 0.4) is 0 Å². The molecule has 0 saturated heterocycles. The summed E-state index contributed by atoms with van der Waals surface area (Å²) < 4.78 is 5.21. The summed E-state index contributed by atoms with van der Waals surface area (Å²) in [5.41, 5.74) is 1.87. The predicted octanol–water partition coefficient (Wildman–Crippen LogP) is 2.26. The molecule has 0 aliphatic carbocycles. The van der Waals surface area contributed by atoms with E-state index >= 15 is 0 Å². The van der Waals surface area contributed by atoms with E-state index in [9.17, 15) is 9.59 Å². The number of amides is 2. The molecule has 5 nitrogen and oxygen atoms in total. The smallest absolute Gasteiger partial charge is 0.243 e. The van der Waals surface area contributed by atoms with E-state index in [0.717, 1.165) is 11.3 Å². The number of hydrogen-bond acceptors (Lipinski definition) is 3. The highest BCUT2D eigenvalue weighted by Gasteiger charge is 2.37. The minimum atomic E-state index is -0.486. The van der Waals surface area contributed by atoms with Gasteiger partial charge in [-0.2, -0.15) is 0 Å². The van der Waals surface area contributed by atoms with E-state index in [0.29, 0.717) is 25.1 Å². The lowest BCUT2D eigenvalue weighted by Crippen LogP contribution is -2.47. The van der Waals surface area contributed by atoms with Gasteiger partial charge >= 0.3 is 0 Å². The summed E-state index contributed by atoms with van der Waals surface area (Å²) >= 11 is 0. The van der Waals surface area contributed by atoms with Crippen LogP contribution in [-0.4, -0.2) is 17.9 Å². The fourth-order valence-corrected chi connectivity index (χ4v) is 2.78. The summed E-state index contributed by atoms with van der Waals surface area (Å²) in [7, 11) is 0. The van der Waals surface area contributed by atoms with E-state index in [1.165, 1.54) is 0 Å². The van der Waals surface area contributed by atoms with Crippen molar-refractivity contribution >= 4 is 17.5 Å². The standard InChI is InChI=1S/C17H18N2O3/c1-2-16(20)19-14-8-4-3-6-12(14)10-15(19)17(21)18-11-13-7-5-9-22-13/h3-9,15H,2,10-11H2,1H3,(H,18,21). The van der Waals surface area contributed by atoms with Crippen molar-refractivity contribution < 1.29 is 14.0 Å². The third-order valence-electron chi connectivity index (χ3n) is 3.87. The Morgan fingerprint density at radius 2 is 2.09 bits per heavy atom. The number of anilines is 1. The fourth-order valence-electron chi connectivity index (χ4n) is 2.78. The second-order valence-corrected chi connectivity index (χ2v) is 5.26. The number of benzene rings is 1. The average Bonchev–Trinajstić information content (AvgIpc) is 3.19. The third-order valence-corrected chi connectivity index (χ3v) is 3.87. The quantitative estimate of drug-likeness (QED) is 0.941. The van der Waals surface area contributed by atoms with Crippen LogP contribution in [0.15, 0.2) is 47.1 Å². The Kier molecular flexibility index (Phi) is 3.96. The molecule has 2 amide bonds. The normalized spacial score (nSPS) is 16.4. The number of para-hydroxylation sites is 1. The summed E-state index contributed by atoms with van der Waals surface area (Å²) in [6.45, 7) is 2.13. The number of rotatable bonds is 4. The van der Waals surface area contributed by atoms with Crippen molar-refractivity contribution in [2.75, 3.05) is 4.90 Å². The molecule has 1 N–H and O–H groups in total. The molecule has 1 aliphatic heterocycles. The zero-order valence-electron chi connectivity index (χ0n) is 12.4. The molecule has 5 heteroatoms. The molecule has 0 saturated carbocycles. The average molecular weight is 298 g/mol. The Labute approximate surface area is 128 Å². The van der Waals surface area contributed by atoms with Gasteiger partial charge in [-0.3, -0.25) is 14.5 Å². The van der Waals surface area contributed by atoms with Crippen LogP contribution in [0.2, 0.25) is 0 Å². The van der Waals surface area contributed by atoms with E-state index in [-0.39, 0.29) is 11.8 Å². The Hall–Kier alpha value is -2.56. The SMILES string of the molecule is CCC(=O)N1c2ccccc2CC1C(=O)NCc1ccco1. The largest absolute Gasteiger partial charge is 0.467 e. The minimum Gasteiger partial charge on any atom is -0.467 e. The van der Waals surface area contributed by atoms with Crippen LogP contribution in [0.4, 0.5) is 5.69 Å². The van der Waals surface area contributed by atoms with Gasteiger partial charge < -0.3 is 9.73 Å². The molecule has 0 spiro atoms. The number of furan rings is 1. The van der Waals surface area contributed by atoms with E-state index in [1.807, 2.05) is 24.3 Å². The Morgan fingerprint density at radius 1 is 1.27 bits per heavy atom. The van der Waals surface area contributed by atoms with Crippen molar-refractivity contribution in [1.82, 2.24) is 5.32 Å². The maximum absolute atomic E-state index is 12.5. The number of fused-ring (bicyclic) bond motifs is 1. The monoisotopic (exact) mass is 298 g/mol. The number of nitrogens with one attached hydrogen (secondary N) is 1. The zero-order valence-corrected chi connectivity index (χ0v) is 12.4. The maximum Gasteiger partial charge on any atom is 0.243 e. The highest BCUT2D eigenvalue weighted by atomic mass is 16.3. The van der Waals surface area contributed by atoms with Crippen molar-refractivity contribution in [2.24, 2.45) is 0 Å². The van der Waals surface area contributed by atoms with Crippen LogP contribution in [0.1, 0.15) is 24.7 Å². The van der Waals surface area contributed by atoms with Gasteiger partial charge in [0.05, 0.1) is 12.8 Å². The molecular weight excluding hydrogens is 280 g/mol. The Balaban J connectivity index is 1.77. The van der Waals surface area contributed by atoms with Crippen LogP contribution in [-0.2, 0) is 22.6 Å². The van der Waals surface area contributed by atoms with Crippen molar-refractivity contribution in [2.45, 2.75) is 32.4 Å². The molecule has 0 fully saturated rings. The van der Waals surface area contributed by atoms with Gasteiger partial charge in [0.25, 0.3) is 0 Å². The van der Waals surface area contributed by atoms with Gasteiger partial charge in [-0.1, -0.05) is 25.1 Å². The highest BCUT2D eigenvalue weighted by molar-refractivity contribution is 6.03. The third kappa shape index (κ3) is 2.62. The molecule has 1 atom stereocenters. The molecular formula is C17H18N2O3. The number of carbonyl (C=O) groups excluding carboxylic acids is 2. The van der Waals surface area contributed by atoms with Gasteiger partial charge in [0.2, 0.25) is 11.8 Å². The van der Waals surface area contributed by atoms with Crippen LogP contribution >= 0.6 is 0 Å². The second-order valence-electron chi connectivity index (χ2n) is 5.26. The summed E-state index contributed by atoms with van der Waals surface area (Å²) in [6, 6.07) is 10.8. The van der Waals surface area contributed by atoms with Crippen LogP contribution in [0.25, 0.3) is 0 Å². The first-order valence-electron chi connectivity index (χ1n) is 7.40. The predicted molar refractivity (Wildman–Crippen MR) is 82.3 cm³/mol. The van der Waals surface area contributed by atoms with Gasteiger partial charge in [0, 0.05) is 18.5 Å². The van der Waals surface area contributed by atoms with Gasteiger partial charge in [-0.05, 0) is 23.8 Å². The molecule has 114 valence electrons. The molecule has 0 radical (unpaired) electrons. The van der Waals surface area contributed by atoms with Gasteiger partial charge in [-0.25, -0.2) is 0 Å². The molecule has 2 heterocycles. The number of nitrogens with zero attached hydrogens (tertiary/aromatic N) is 1. The summed E-state index contributed by atoms with van der Waals surface area (Å²) in [5, 5.41) is 2.84. The zero-order chi connectivity index (χ0) is 15.5. The van der Waals surface area contributed by atoms with Crippen LogP contribution in [0.5, 0.6) is 0 Å². The van der Waals surface area contributed by atoms with E-state index < -0.39 is 6.04 Å². The van der Waals surface area contributed by atoms with Gasteiger partial charge in [0.1, 0.15) is 11.8 Å². The molecule has 1 aliphatic rings. The summed E-state index contributed by atoms with van der Waals surface area (Å²) in [5.74, 6) is 0.495. The fraction of sp³-hybridized carbons (Fsp3) is 0.294. The second kappa shape index (κ2) is 6.05. The van der Waals surface area contributed by atoms with Gasteiger partial charge in [0.15, 0.2) is 0 Å². The van der Waals surface area contributed by atoms with Gasteiger partial charge in [-0.15, -0.1) is 0 Å². The molecule has 22 heavy (non-hydrogen) atoms. The molecule has 1 unspecified atom stereocenters. The minimum absolute atomic E-state index is 0.0388. The lowest BCUT2D eigenvalue weighted by Gasteiger charge is -2.24. The lowest BCUT2D eigenvalue weighted by molar-refractivity contribution is -0.126. The van der Waals surface area contributed by atoms with Crippen molar-refractivity contribution in [3.63, 3.8) is 0 Å². The van der Waals surface area contributed by atoms with Crippen LogP contribution in [0, 0.1) is 0 Å². The Bertz CT molecular complexity index is 679. The molecule has 3 rings (SSSR count). The van der Waals surface area contributed by atoms with Crippen molar-refractivity contribution in [3.8, 4) is 0 Å². The highest BCUT2D eigenvalue weighted by Crippen LogP contribution is 2.32. The lowest BCUT2D eigenvalue weighted by atomic mass is 10.1. The van der Waals surface area contributed by atoms with E-state index in [2.05, 4.69) is 5.32 Å². The van der Waals surface area contributed by atoms with Crippen molar-refractivity contribution in [3.05, 3.63) is 54.0 Å². The molecule has 0 bridgehead atoms. The van der Waals surface area contributed by atoms with E-state index in [1.54, 1.807) is 30.2 Å². The molecule has 2 aromatic rings. The number of hydrogen-bond donors (Lipinski definition) is 1. The van der Waals surface area contributed by atoms with Crippen LogP contribution < -0.4 is 10.2 Å². The summed E-state index contributed by atoms with van der Waals surface area (Å²) in [4.78, 5) is 26.4. The van der Waals surface area contributed by atoms with E-state index in [4.69, 9.17) is 4.42 Å².